The van der Waals surface area contributed by atoms with Crippen molar-refractivity contribution in [1.29, 1.82) is 0 Å². The molecule has 0 bridgehead atoms. The van der Waals surface area contributed by atoms with Crippen LogP contribution in [0.4, 0.5) is 11.4 Å². The summed E-state index contributed by atoms with van der Waals surface area (Å²) >= 11 is 4.61. The molecule has 0 radical (unpaired) electrons. The third-order valence-corrected chi connectivity index (χ3v) is 6.85. The highest BCUT2D eigenvalue weighted by Crippen LogP contribution is 2.34. The molecule has 7 nitrogen and oxygen atoms in total. The number of amides is 2. The molecule has 1 fully saturated rings. The van der Waals surface area contributed by atoms with Crippen molar-refractivity contribution >= 4 is 62.6 Å². The Balaban J connectivity index is 1.37. The van der Waals surface area contributed by atoms with Crippen LogP contribution in [-0.2, 0) is 14.3 Å². The number of carbonyl (C=O) groups is 4. The quantitative estimate of drug-likeness (QED) is 0.204. The SMILES string of the molecule is Nc1ccc(SC2CC(=O)N(c3ccc(C(=O)OCC(=O)c4ccc(Br)cc4)cc3)C2=O)cc1. The number of Topliss-reactive ketones (excluding diaryl/α,β-unsaturated/α-hetero) is 1. The van der Waals surface area contributed by atoms with E-state index in [1.807, 2.05) is 12.1 Å². The maximum atomic E-state index is 12.9. The van der Waals surface area contributed by atoms with Crippen LogP contribution in [0, 0.1) is 0 Å². The minimum Gasteiger partial charge on any atom is -0.454 e. The second-order valence-electron chi connectivity index (χ2n) is 7.50. The van der Waals surface area contributed by atoms with E-state index in [1.54, 1.807) is 36.4 Å². The fourth-order valence-electron chi connectivity index (χ4n) is 3.36. The average molecular weight is 539 g/mol. The van der Waals surface area contributed by atoms with E-state index >= 15 is 0 Å². The normalized spacial score (nSPS) is 15.4. The number of anilines is 2. The van der Waals surface area contributed by atoms with Crippen LogP contribution in [-0.4, -0.2) is 35.4 Å². The molecule has 1 saturated heterocycles. The summed E-state index contributed by atoms with van der Waals surface area (Å²) in [5, 5.41) is -0.537. The first-order valence-electron chi connectivity index (χ1n) is 10.3. The molecule has 4 rings (SSSR count). The van der Waals surface area contributed by atoms with E-state index < -0.39 is 17.8 Å². The molecule has 2 amide bonds. The maximum Gasteiger partial charge on any atom is 0.338 e. The highest BCUT2D eigenvalue weighted by molar-refractivity contribution is 9.10. The fraction of sp³-hybridized carbons (Fsp3) is 0.120. The minimum absolute atomic E-state index is 0.0792. The van der Waals surface area contributed by atoms with Gasteiger partial charge in [-0.3, -0.25) is 14.4 Å². The zero-order valence-electron chi connectivity index (χ0n) is 17.8. The van der Waals surface area contributed by atoms with E-state index in [9.17, 15) is 19.2 Å². The highest BCUT2D eigenvalue weighted by Gasteiger charge is 2.40. The van der Waals surface area contributed by atoms with E-state index in [-0.39, 0.29) is 29.6 Å². The Kier molecular flexibility index (Phi) is 7.14. The molecular weight excluding hydrogens is 520 g/mol. The number of nitrogen functional groups attached to an aromatic ring is 1. The molecule has 0 spiro atoms. The summed E-state index contributed by atoms with van der Waals surface area (Å²) in [6.45, 7) is -0.393. The molecule has 172 valence electrons. The third-order valence-electron chi connectivity index (χ3n) is 5.13. The molecular formula is C25H19BrN2O5S. The van der Waals surface area contributed by atoms with Gasteiger partial charge in [0, 0.05) is 27.0 Å². The van der Waals surface area contributed by atoms with Crippen molar-refractivity contribution in [3.8, 4) is 0 Å². The number of carbonyl (C=O) groups excluding carboxylic acids is 4. The van der Waals surface area contributed by atoms with Gasteiger partial charge in [0.05, 0.1) is 16.5 Å². The number of nitrogens with zero attached hydrogens (tertiary/aromatic N) is 1. The molecule has 2 N–H and O–H groups in total. The van der Waals surface area contributed by atoms with Crippen LogP contribution in [0.3, 0.4) is 0 Å². The lowest BCUT2D eigenvalue weighted by atomic mass is 10.1. The largest absolute Gasteiger partial charge is 0.454 e. The lowest BCUT2D eigenvalue weighted by Gasteiger charge is -2.15. The number of ether oxygens (including phenoxy) is 1. The van der Waals surface area contributed by atoms with Crippen LogP contribution in [0.1, 0.15) is 27.1 Å². The van der Waals surface area contributed by atoms with Crippen LogP contribution in [0.5, 0.6) is 0 Å². The van der Waals surface area contributed by atoms with Crippen LogP contribution in [0.25, 0.3) is 0 Å². The van der Waals surface area contributed by atoms with Crippen molar-refractivity contribution in [1.82, 2.24) is 0 Å². The molecule has 34 heavy (non-hydrogen) atoms. The minimum atomic E-state index is -0.673. The van der Waals surface area contributed by atoms with E-state index in [4.69, 9.17) is 10.5 Å². The van der Waals surface area contributed by atoms with Crippen LogP contribution < -0.4 is 10.6 Å². The van der Waals surface area contributed by atoms with Gasteiger partial charge in [-0.15, -0.1) is 11.8 Å². The predicted octanol–water partition coefficient (Wildman–Crippen LogP) is 4.50. The molecule has 3 aromatic rings. The molecule has 9 heteroatoms. The van der Waals surface area contributed by atoms with Gasteiger partial charge in [0.15, 0.2) is 12.4 Å². The first-order chi connectivity index (χ1) is 16.3. The summed E-state index contributed by atoms with van der Waals surface area (Å²) in [5.74, 6) is -1.63. The monoisotopic (exact) mass is 538 g/mol. The maximum absolute atomic E-state index is 12.9. The van der Waals surface area contributed by atoms with Crippen LogP contribution in [0.15, 0.2) is 82.2 Å². The van der Waals surface area contributed by atoms with E-state index in [0.29, 0.717) is 16.9 Å². The number of halogens is 1. The second kappa shape index (κ2) is 10.2. The summed E-state index contributed by atoms with van der Waals surface area (Å²) < 4.78 is 5.95. The number of imide groups is 1. The van der Waals surface area contributed by atoms with Gasteiger partial charge in [0.25, 0.3) is 0 Å². The number of ketones is 1. The number of nitrogens with two attached hydrogens (primary N) is 1. The number of benzene rings is 3. The summed E-state index contributed by atoms with van der Waals surface area (Å²) in [4.78, 5) is 51.9. The predicted molar refractivity (Wildman–Crippen MR) is 133 cm³/mol. The Morgan fingerprint density at radius 3 is 2.21 bits per heavy atom. The van der Waals surface area contributed by atoms with Crippen molar-refractivity contribution in [3.63, 3.8) is 0 Å². The lowest BCUT2D eigenvalue weighted by molar-refractivity contribution is -0.121. The van der Waals surface area contributed by atoms with Gasteiger partial charge in [-0.25, -0.2) is 9.69 Å². The zero-order valence-corrected chi connectivity index (χ0v) is 20.2. The Bertz CT molecular complexity index is 1240. The third kappa shape index (κ3) is 5.37. The summed E-state index contributed by atoms with van der Waals surface area (Å²) in [6.07, 6.45) is 0.0792. The molecule has 1 heterocycles. The van der Waals surface area contributed by atoms with Crippen molar-refractivity contribution in [2.24, 2.45) is 0 Å². The zero-order chi connectivity index (χ0) is 24.2. The Morgan fingerprint density at radius 2 is 1.56 bits per heavy atom. The van der Waals surface area contributed by atoms with Gasteiger partial charge in [0.1, 0.15) is 0 Å². The van der Waals surface area contributed by atoms with Crippen molar-refractivity contribution in [2.75, 3.05) is 17.2 Å². The standard InChI is InChI=1S/C25H19BrN2O5S/c26-17-5-1-15(2-6-17)21(29)14-33-25(32)16-3-9-19(10-4-16)28-23(30)13-22(24(28)31)34-20-11-7-18(27)8-12-20/h1-12,22H,13-14,27H2. The lowest BCUT2D eigenvalue weighted by Crippen LogP contribution is -2.31. The number of hydrogen-bond donors (Lipinski definition) is 1. The van der Waals surface area contributed by atoms with Crippen LogP contribution in [0.2, 0.25) is 0 Å². The number of thioether (sulfide) groups is 1. The Hall–Kier alpha value is -3.43. The Morgan fingerprint density at radius 1 is 0.941 bits per heavy atom. The van der Waals surface area contributed by atoms with Gasteiger partial charge in [0.2, 0.25) is 11.8 Å². The average Bonchev–Trinajstić information content (AvgIpc) is 3.11. The summed E-state index contributed by atoms with van der Waals surface area (Å²) in [5.41, 5.74) is 7.33. The van der Waals surface area contributed by atoms with Crippen LogP contribution >= 0.6 is 27.7 Å². The van der Waals surface area contributed by atoms with E-state index in [0.717, 1.165) is 14.3 Å². The first-order valence-corrected chi connectivity index (χ1v) is 11.9. The molecule has 1 atom stereocenters. The number of esters is 1. The molecule has 1 aliphatic heterocycles. The molecule has 3 aromatic carbocycles. The Labute approximate surface area is 208 Å². The van der Waals surface area contributed by atoms with E-state index in [1.165, 1.54) is 36.0 Å². The highest BCUT2D eigenvalue weighted by atomic mass is 79.9. The molecule has 0 saturated carbocycles. The number of hydrogen-bond acceptors (Lipinski definition) is 7. The number of rotatable bonds is 7. The molecule has 1 aliphatic rings. The van der Waals surface area contributed by atoms with Gasteiger partial charge in [-0.2, -0.15) is 0 Å². The smallest absolute Gasteiger partial charge is 0.338 e. The van der Waals surface area contributed by atoms with Gasteiger partial charge in [-0.05, 0) is 60.7 Å². The van der Waals surface area contributed by atoms with Crippen molar-refractivity contribution < 1.29 is 23.9 Å². The summed E-state index contributed by atoms with van der Waals surface area (Å²) in [7, 11) is 0. The van der Waals surface area contributed by atoms with Gasteiger partial charge in [-0.1, -0.05) is 28.1 Å². The summed E-state index contributed by atoms with van der Waals surface area (Å²) in [6, 6.07) is 19.8. The molecule has 0 aliphatic carbocycles. The van der Waals surface area contributed by atoms with E-state index in [2.05, 4.69) is 15.9 Å². The van der Waals surface area contributed by atoms with Gasteiger partial charge >= 0.3 is 5.97 Å². The molecule has 1 unspecified atom stereocenters. The topological polar surface area (TPSA) is 107 Å². The van der Waals surface area contributed by atoms with Gasteiger partial charge < -0.3 is 10.5 Å². The first kappa shape index (κ1) is 23.7. The van der Waals surface area contributed by atoms with Crippen molar-refractivity contribution in [3.05, 3.63) is 88.4 Å². The fourth-order valence-corrected chi connectivity index (χ4v) is 4.68. The molecule has 0 aromatic heterocycles. The second-order valence-corrected chi connectivity index (χ2v) is 9.69. The van der Waals surface area contributed by atoms with Crippen molar-refractivity contribution in [2.45, 2.75) is 16.6 Å².